The van der Waals surface area contributed by atoms with E-state index in [1.807, 2.05) is 43.3 Å². The van der Waals surface area contributed by atoms with Gasteiger partial charge < -0.3 is 14.8 Å². The van der Waals surface area contributed by atoms with E-state index in [-0.39, 0.29) is 5.91 Å². The lowest BCUT2D eigenvalue weighted by Gasteiger charge is -2.27. The van der Waals surface area contributed by atoms with Crippen LogP contribution in [0.15, 0.2) is 36.4 Å². The molecule has 0 fully saturated rings. The second-order valence-corrected chi connectivity index (χ2v) is 6.85. The highest BCUT2D eigenvalue weighted by Gasteiger charge is 2.32. The Labute approximate surface area is 156 Å². The van der Waals surface area contributed by atoms with Crippen molar-refractivity contribution in [3.05, 3.63) is 36.4 Å². The molecule has 0 aliphatic rings. The molecule has 4 heteroatoms. The van der Waals surface area contributed by atoms with Gasteiger partial charge in [0.1, 0.15) is 11.4 Å². The molecule has 4 nitrogen and oxygen atoms in total. The first-order chi connectivity index (χ1) is 12.6. The molecule has 0 aromatic heterocycles. The van der Waals surface area contributed by atoms with Crippen LogP contribution in [0, 0.1) is 0 Å². The van der Waals surface area contributed by atoms with Crippen molar-refractivity contribution in [2.45, 2.75) is 58.5 Å². The van der Waals surface area contributed by atoms with Crippen LogP contribution in [0.25, 0.3) is 10.8 Å². The molecular weight excluding hydrogens is 326 g/mol. The summed E-state index contributed by atoms with van der Waals surface area (Å²) in [7, 11) is 1.60. The third kappa shape index (κ3) is 4.76. The second-order valence-electron chi connectivity index (χ2n) is 6.85. The minimum absolute atomic E-state index is 0.113. The maximum absolute atomic E-state index is 12.8. The molecule has 26 heavy (non-hydrogen) atoms. The minimum atomic E-state index is -0.826. The van der Waals surface area contributed by atoms with Gasteiger partial charge in [-0.2, -0.15) is 0 Å². The lowest BCUT2D eigenvalue weighted by atomic mass is 9.97. The molecule has 142 valence electrons. The van der Waals surface area contributed by atoms with Crippen LogP contribution >= 0.6 is 0 Å². The predicted octanol–water partition coefficient (Wildman–Crippen LogP) is 5.55. The van der Waals surface area contributed by atoms with Gasteiger partial charge in [-0.05, 0) is 31.9 Å². The number of carbonyl (C=O) groups excluding carboxylic acids is 1. The fourth-order valence-electron chi connectivity index (χ4n) is 2.91. The first kappa shape index (κ1) is 20.2. The number of rotatable bonds is 10. The summed E-state index contributed by atoms with van der Waals surface area (Å²) in [6.45, 7) is 6.80. The highest BCUT2D eigenvalue weighted by Crippen LogP contribution is 2.32. The Balaban J connectivity index is 2.27. The van der Waals surface area contributed by atoms with Crippen LogP contribution in [0.2, 0.25) is 0 Å². The van der Waals surface area contributed by atoms with E-state index in [0.29, 0.717) is 13.0 Å². The molecule has 0 radical (unpaired) electrons. The summed E-state index contributed by atoms with van der Waals surface area (Å²) in [5, 5.41) is 5.04. The number of hydrogen-bond donors (Lipinski definition) is 1. The maximum Gasteiger partial charge on any atom is 0.256 e. The van der Waals surface area contributed by atoms with Crippen LogP contribution < -0.4 is 10.1 Å². The Hall–Kier alpha value is -2.07. The van der Waals surface area contributed by atoms with Crippen molar-refractivity contribution >= 4 is 22.4 Å². The minimum Gasteiger partial charge on any atom is -0.493 e. The predicted molar refractivity (Wildman–Crippen MR) is 108 cm³/mol. The van der Waals surface area contributed by atoms with E-state index in [1.54, 1.807) is 7.11 Å². The SMILES string of the molecule is CCCCOc1ccc(NC(=O)C(C)(CCCC)OC)c2ccccc12. The zero-order valence-corrected chi connectivity index (χ0v) is 16.4. The third-order valence-corrected chi connectivity index (χ3v) is 4.83. The van der Waals surface area contributed by atoms with Gasteiger partial charge >= 0.3 is 0 Å². The number of carbonyl (C=O) groups is 1. The van der Waals surface area contributed by atoms with Crippen molar-refractivity contribution in [2.75, 3.05) is 19.0 Å². The van der Waals surface area contributed by atoms with Gasteiger partial charge in [-0.15, -0.1) is 0 Å². The number of ether oxygens (including phenoxy) is 2. The number of anilines is 1. The van der Waals surface area contributed by atoms with Crippen molar-refractivity contribution in [2.24, 2.45) is 0 Å². The Morgan fingerprint density at radius 2 is 1.73 bits per heavy atom. The van der Waals surface area contributed by atoms with Gasteiger partial charge in [0.2, 0.25) is 0 Å². The maximum atomic E-state index is 12.8. The van der Waals surface area contributed by atoms with Crippen molar-refractivity contribution in [1.82, 2.24) is 0 Å². The average Bonchev–Trinajstić information content (AvgIpc) is 2.67. The average molecular weight is 357 g/mol. The molecule has 2 rings (SSSR count). The van der Waals surface area contributed by atoms with Crippen LogP contribution in [0.4, 0.5) is 5.69 Å². The standard InChI is InChI=1S/C22H31NO3/c1-5-7-15-22(3,25-4)21(24)23-19-13-14-20(26-16-8-6-2)18-12-10-9-11-17(18)19/h9-14H,5-8,15-16H2,1-4H3,(H,23,24). The fourth-order valence-corrected chi connectivity index (χ4v) is 2.91. The fraction of sp³-hybridized carbons (Fsp3) is 0.500. The smallest absolute Gasteiger partial charge is 0.256 e. The molecule has 1 atom stereocenters. The molecule has 0 saturated heterocycles. The van der Waals surface area contributed by atoms with Gasteiger partial charge in [0.25, 0.3) is 5.91 Å². The number of amides is 1. The van der Waals surface area contributed by atoms with E-state index in [9.17, 15) is 4.79 Å². The van der Waals surface area contributed by atoms with E-state index in [4.69, 9.17) is 9.47 Å². The normalized spacial score (nSPS) is 13.4. The van der Waals surface area contributed by atoms with Gasteiger partial charge in [0, 0.05) is 23.6 Å². The zero-order valence-electron chi connectivity index (χ0n) is 16.4. The Bertz CT molecular complexity index is 728. The first-order valence-electron chi connectivity index (χ1n) is 9.57. The number of benzene rings is 2. The Morgan fingerprint density at radius 3 is 2.38 bits per heavy atom. The summed E-state index contributed by atoms with van der Waals surface area (Å²) in [6, 6.07) is 11.8. The van der Waals surface area contributed by atoms with Crippen LogP contribution in [0.5, 0.6) is 5.75 Å². The summed E-state index contributed by atoms with van der Waals surface area (Å²) in [5.41, 5.74) is -0.0406. The summed E-state index contributed by atoms with van der Waals surface area (Å²) >= 11 is 0. The molecule has 0 aliphatic carbocycles. The Kier molecular flexibility index (Phi) is 7.46. The quantitative estimate of drug-likeness (QED) is 0.567. The molecule has 0 saturated carbocycles. The summed E-state index contributed by atoms with van der Waals surface area (Å²) in [6.07, 6.45) is 4.79. The second kappa shape index (κ2) is 9.58. The molecule has 1 N–H and O–H groups in total. The molecule has 0 spiro atoms. The molecule has 0 aliphatic heterocycles. The number of hydrogen-bond acceptors (Lipinski definition) is 3. The molecule has 1 unspecified atom stereocenters. The first-order valence-corrected chi connectivity index (χ1v) is 9.57. The van der Waals surface area contributed by atoms with Crippen LogP contribution in [-0.4, -0.2) is 25.2 Å². The number of fused-ring (bicyclic) bond motifs is 1. The molecule has 0 heterocycles. The molecular formula is C22H31NO3. The van der Waals surface area contributed by atoms with E-state index in [1.165, 1.54) is 0 Å². The number of unbranched alkanes of at least 4 members (excludes halogenated alkanes) is 2. The van der Waals surface area contributed by atoms with Crippen molar-refractivity contribution in [3.8, 4) is 5.75 Å². The molecule has 2 aromatic rings. The van der Waals surface area contributed by atoms with Crippen LogP contribution in [-0.2, 0) is 9.53 Å². The largest absolute Gasteiger partial charge is 0.493 e. The van der Waals surface area contributed by atoms with Gasteiger partial charge in [-0.3, -0.25) is 4.79 Å². The lowest BCUT2D eigenvalue weighted by molar-refractivity contribution is -0.136. The third-order valence-electron chi connectivity index (χ3n) is 4.83. The summed E-state index contributed by atoms with van der Waals surface area (Å²) in [4.78, 5) is 12.8. The lowest BCUT2D eigenvalue weighted by Crippen LogP contribution is -2.42. The summed E-state index contributed by atoms with van der Waals surface area (Å²) in [5.74, 6) is 0.741. The van der Waals surface area contributed by atoms with Gasteiger partial charge in [0.15, 0.2) is 0 Å². The van der Waals surface area contributed by atoms with Gasteiger partial charge in [-0.1, -0.05) is 57.4 Å². The van der Waals surface area contributed by atoms with E-state index in [0.717, 1.165) is 47.9 Å². The number of nitrogens with one attached hydrogen (secondary N) is 1. The number of methoxy groups -OCH3 is 1. The van der Waals surface area contributed by atoms with Crippen molar-refractivity contribution in [3.63, 3.8) is 0 Å². The zero-order chi connectivity index (χ0) is 19.0. The highest BCUT2D eigenvalue weighted by atomic mass is 16.5. The van der Waals surface area contributed by atoms with Crippen molar-refractivity contribution < 1.29 is 14.3 Å². The van der Waals surface area contributed by atoms with E-state index >= 15 is 0 Å². The van der Waals surface area contributed by atoms with E-state index in [2.05, 4.69) is 19.2 Å². The van der Waals surface area contributed by atoms with Crippen LogP contribution in [0.1, 0.15) is 52.9 Å². The summed E-state index contributed by atoms with van der Waals surface area (Å²) < 4.78 is 11.5. The molecule has 2 aromatic carbocycles. The van der Waals surface area contributed by atoms with Gasteiger partial charge in [-0.25, -0.2) is 0 Å². The topological polar surface area (TPSA) is 47.6 Å². The highest BCUT2D eigenvalue weighted by molar-refractivity contribution is 6.06. The monoisotopic (exact) mass is 357 g/mol. The van der Waals surface area contributed by atoms with E-state index < -0.39 is 5.60 Å². The molecule has 1 amide bonds. The Morgan fingerprint density at radius 1 is 1.04 bits per heavy atom. The van der Waals surface area contributed by atoms with Gasteiger partial charge in [0.05, 0.1) is 6.61 Å². The van der Waals surface area contributed by atoms with Crippen LogP contribution in [0.3, 0.4) is 0 Å². The van der Waals surface area contributed by atoms with Crippen molar-refractivity contribution in [1.29, 1.82) is 0 Å². The molecule has 0 bridgehead atoms.